The third-order valence-electron chi connectivity index (χ3n) is 3.36. The van der Waals surface area contributed by atoms with Gasteiger partial charge in [0.1, 0.15) is 11.8 Å². The van der Waals surface area contributed by atoms with E-state index in [0.717, 1.165) is 5.56 Å². The number of hydrogen-bond donors (Lipinski definition) is 2. The van der Waals surface area contributed by atoms with Gasteiger partial charge in [-0.3, -0.25) is 9.59 Å². The van der Waals surface area contributed by atoms with E-state index in [0.29, 0.717) is 25.4 Å². The van der Waals surface area contributed by atoms with E-state index in [2.05, 4.69) is 5.32 Å². The lowest BCUT2D eigenvalue weighted by atomic mass is 10.2. The first-order valence-corrected chi connectivity index (χ1v) is 6.61. The van der Waals surface area contributed by atoms with Gasteiger partial charge in [0.05, 0.1) is 0 Å². The molecule has 1 aliphatic heterocycles. The Hall–Kier alpha value is -2.08. The number of hydrogen-bond acceptors (Lipinski definition) is 4. The minimum Gasteiger partial charge on any atom is -0.483 e. The highest BCUT2D eigenvalue weighted by molar-refractivity contribution is 5.89. The maximum Gasteiger partial charge on any atom is 0.261 e. The van der Waals surface area contributed by atoms with E-state index in [1.807, 2.05) is 18.2 Å². The van der Waals surface area contributed by atoms with Crippen molar-refractivity contribution in [2.24, 2.45) is 5.73 Å². The van der Waals surface area contributed by atoms with Gasteiger partial charge in [-0.1, -0.05) is 18.2 Å². The SMILES string of the molecule is CC1C(=O)NCCN1C(=O)COc1ccccc1CN. The van der Waals surface area contributed by atoms with E-state index in [1.165, 1.54) is 4.90 Å². The molecule has 1 atom stereocenters. The number of ether oxygens (including phenoxy) is 1. The normalized spacial score (nSPS) is 18.6. The van der Waals surface area contributed by atoms with Gasteiger partial charge in [0.15, 0.2) is 6.61 Å². The summed E-state index contributed by atoms with van der Waals surface area (Å²) < 4.78 is 5.52. The van der Waals surface area contributed by atoms with Gasteiger partial charge in [0.25, 0.3) is 5.91 Å². The van der Waals surface area contributed by atoms with Crippen LogP contribution in [0, 0.1) is 0 Å². The molecule has 2 rings (SSSR count). The average molecular weight is 277 g/mol. The number of para-hydroxylation sites is 1. The standard InChI is InChI=1S/C14H19N3O3/c1-10-14(19)16-6-7-17(10)13(18)9-20-12-5-3-2-4-11(12)8-15/h2-5,10H,6-9,15H2,1H3,(H,16,19). The van der Waals surface area contributed by atoms with Crippen molar-refractivity contribution < 1.29 is 14.3 Å². The molecule has 0 spiro atoms. The number of nitrogens with zero attached hydrogens (tertiary/aromatic N) is 1. The molecule has 3 N–H and O–H groups in total. The van der Waals surface area contributed by atoms with Crippen LogP contribution in [0.15, 0.2) is 24.3 Å². The number of nitrogens with one attached hydrogen (secondary N) is 1. The maximum atomic E-state index is 12.1. The fraction of sp³-hybridized carbons (Fsp3) is 0.429. The molecule has 0 bridgehead atoms. The zero-order chi connectivity index (χ0) is 14.5. The number of piperazine rings is 1. The van der Waals surface area contributed by atoms with Crippen LogP contribution >= 0.6 is 0 Å². The second-order valence-electron chi connectivity index (χ2n) is 4.65. The number of carbonyl (C=O) groups excluding carboxylic acids is 2. The molecule has 1 fully saturated rings. The number of nitrogens with two attached hydrogens (primary N) is 1. The van der Waals surface area contributed by atoms with Gasteiger partial charge in [-0.05, 0) is 13.0 Å². The van der Waals surface area contributed by atoms with Crippen LogP contribution in [0.1, 0.15) is 12.5 Å². The topological polar surface area (TPSA) is 84.7 Å². The van der Waals surface area contributed by atoms with Gasteiger partial charge in [0, 0.05) is 25.2 Å². The molecule has 2 amide bonds. The van der Waals surface area contributed by atoms with Crippen LogP contribution in [0.25, 0.3) is 0 Å². The Morgan fingerprint density at radius 3 is 3.00 bits per heavy atom. The molecule has 0 radical (unpaired) electrons. The van der Waals surface area contributed by atoms with E-state index < -0.39 is 6.04 Å². The largest absolute Gasteiger partial charge is 0.483 e. The molecular weight excluding hydrogens is 258 g/mol. The van der Waals surface area contributed by atoms with Crippen molar-refractivity contribution in [1.82, 2.24) is 10.2 Å². The molecule has 1 aromatic rings. The predicted molar refractivity (Wildman–Crippen MR) is 74.0 cm³/mol. The monoisotopic (exact) mass is 277 g/mol. The Bertz CT molecular complexity index is 504. The van der Waals surface area contributed by atoms with E-state index in [-0.39, 0.29) is 18.4 Å². The average Bonchev–Trinajstić information content (AvgIpc) is 2.48. The van der Waals surface area contributed by atoms with Gasteiger partial charge in [-0.15, -0.1) is 0 Å². The lowest BCUT2D eigenvalue weighted by molar-refractivity contribution is -0.143. The fourth-order valence-corrected chi connectivity index (χ4v) is 2.16. The van der Waals surface area contributed by atoms with Crippen molar-refractivity contribution in [3.63, 3.8) is 0 Å². The molecule has 108 valence electrons. The van der Waals surface area contributed by atoms with Crippen LogP contribution in [0.4, 0.5) is 0 Å². The van der Waals surface area contributed by atoms with Crippen molar-refractivity contribution in [2.45, 2.75) is 19.5 Å². The minimum absolute atomic E-state index is 0.0887. The first-order valence-electron chi connectivity index (χ1n) is 6.61. The third kappa shape index (κ3) is 3.08. The molecule has 1 heterocycles. The van der Waals surface area contributed by atoms with Gasteiger partial charge in [-0.25, -0.2) is 0 Å². The fourth-order valence-electron chi connectivity index (χ4n) is 2.16. The number of benzene rings is 1. The summed E-state index contributed by atoms with van der Waals surface area (Å²) in [5, 5.41) is 2.72. The Kier molecular flexibility index (Phi) is 4.57. The lowest BCUT2D eigenvalue weighted by Gasteiger charge is -2.32. The van der Waals surface area contributed by atoms with E-state index in [4.69, 9.17) is 10.5 Å². The van der Waals surface area contributed by atoms with Gasteiger partial charge in [-0.2, -0.15) is 0 Å². The zero-order valence-electron chi connectivity index (χ0n) is 11.5. The highest BCUT2D eigenvalue weighted by Gasteiger charge is 2.29. The zero-order valence-corrected chi connectivity index (χ0v) is 11.5. The molecule has 6 nitrogen and oxygen atoms in total. The Morgan fingerprint density at radius 2 is 2.25 bits per heavy atom. The minimum atomic E-state index is -0.454. The van der Waals surface area contributed by atoms with Crippen molar-refractivity contribution in [2.75, 3.05) is 19.7 Å². The summed E-state index contributed by atoms with van der Waals surface area (Å²) in [6.45, 7) is 2.96. The van der Waals surface area contributed by atoms with Crippen molar-refractivity contribution in [3.05, 3.63) is 29.8 Å². The smallest absolute Gasteiger partial charge is 0.261 e. The molecule has 0 aliphatic carbocycles. The Balaban J connectivity index is 1.96. The summed E-state index contributed by atoms with van der Waals surface area (Å²) in [4.78, 5) is 25.2. The molecule has 0 aromatic heterocycles. The van der Waals surface area contributed by atoms with Crippen LogP contribution in [-0.2, 0) is 16.1 Å². The van der Waals surface area contributed by atoms with Gasteiger partial charge >= 0.3 is 0 Å². The molecule has 1 saturated heterocycles. The second kappa shape index (κ2) is 6.38. The van der Waals surface area contributed by atoms with Crippen molar-refractivity contribution in [1.29, 1.82) is 0 Å². The van der Waals surface area contributed by atoms with E-state index >= 15 is 0 Å². The number of amides is 2. The van der Waals surface area contributed by atoms with Crippen LogP contribution in [0.2, 0.25) is 0 Å². The van der Waals surface area contributed by atoms with E-state index in [1.54, 1.807) is 13.0 Å². The van der Waals surface area contributed by atoms with Crippen LogP contribution < -0.4 is 15.8 Å². The molecular formula is C14H19N3O3. The van der Waals surface area contributed by atoms with E-state index in [9.17, 15) is 9.59 Å². The number of rotatable bonds is 4. The Morgan fingerprint density at radius 1 is 1.50 bits per heavy atom. The predicted octanol–water partition coefficient (Wildman–Crippen LogP) is -0.129. The quantitative estimate of drug-likeness (QED) is 0.803. The Labute approximate surface area is 117 Å². The summed E-state index contributed by atoms with van der Waals surface area (Å²) >= 11 is 0. The van der Waals surface area contributed by atoms with Crippen molar-refractivity contribution >= 4 is 11.8 Å². The second-order valence-corrected chi connectivity index (χ2v) is 4.65. The van der Waals surface area contributed by atoms with Crippen molar-refractivity contribution in [3.8, 4) is 5.75 Å². The molecule has 1 aliphatic rings. The van der Waals surface area contributed by atoms with Crippen LogP contribution in [0.3, 0.4) is 0 Å². The third-order valence-corrected chi connectivity index (χ3v) is 3.36. The summed E-state index contributed by atoms with van der Waals surface area (Å²) in [7, 11) is 0. The molecule has 6 heteroatoms. The maximum absolute atomic E-state index is 12.1. The first-order chi connectivity index (χ1) is 9.63. The lowest BCUT2D eigenvalue weighted by Crippen LogP contribution is -2.56. The summed E-state index contributed by atoms with van der Waals surface area (Å²) in [6, 6.07) is 6.88. The number of carbonyl (C=O) groups is 2. The molecule has 20 heavy (non-hydrogen) atoms. The van der Waals surface area contributed by atoms with Crippen LogP contribution in [-0.4, -0.2) is 42.5 Å². The molecule has 0 saturated carbocycles. The highest BCUT2D eigenvalue weighted by atomic mass is 16.5. The van der Waals surface area contributed by atoms with Gasteiger partial charge in [0.2, 0.25) is 5.91 Å². The van der Waals surface area contributed by atoms with Gasteiger partial charge < -0.3 is 20.7 Å². The summed E-state index contributed by atoms with van der Waals surface area (Å²) in [5.74, 6) is 0.281. The summed E-state index contributed by atoms with van der Waals surface area (Å²) in [5.41, 5.74) is 6.46. The summed E-state index contributed by atoms with van der Waals surface area (Å²) in [6.07, 6.45) is 0. The highest BCUT2D eigenvalue weighted by Crippen LogP contribution is 2.17. The van der Waals surface area contributed by atoms with Crippen LogP contribution in [0.5, 0.6) is 5.75 Å². The molecule has 1 unspecified atom stereocenters. The molecule has 1 aromatic carbocycles. The first kappa shape index (κ1) is 14.3.